The fourth-order valence-electron chi connectivity index (χ4n) is 5.47. The molecule has 4 amide bonds. The molecule has 1 unspecified atom stereocenters. The minimum Gasteiger partial charge on any atom is -0.394 e. The van der Waals surface area contributed by atoms with Gasteiger partial charge >= 0.3 is 0 Å². The second-order valence-corrected chi connectivity index (χ2v) is 10.1. The topological polar surface area (TPSA) is 143 Å². The number of aliphatic hydroxyl groups is 1. The molecular weight excluding hydrogens is 528 g/mol. The number of anilines is 1. The van der Waals surface area contributed by atoms with Crippen LogP contribution >= 0.6 is 12.6 Å². The van der Waals surface area contributed by atoms with Crippen molar-refractivity contribution in [1.29, 1.82) is 10.5 Å². The molecule has 0 spiro atoms. The van der Waals surface area contributed by atoms with Crippen molar-refractivity contribution in [2.45, 2.75) is 38.6 Å². The molecule has 0 radical (unpaired) electrons. The number of rotatable bonds is 8. The highest BCUT2D eigenvalue weighted by atomic mass is 32.1. The SMILES string of the molecule is CCC(CO)N1C(=O)c2cc(C#N)c3c4c(cc(C#N)c(c24)C1=O)C(=O)N(c1ccc(CCCCS)cc1)C3=O. The third kappa shape index (κ3) is 3.96. The predicted molar refractivity (Wildman–Crippen MR) is 149 cm³/mol. The van der Waals surface area contributed by atoms with Crippen molar-refractivity contribution in [3.05, 3.63) is 75.3 Å². The summed E-state index contributed by atoms with van der Waals surface area (Å²) in [7, 11) is 0. The standard InChI is InChI=1S/C30H24N4O5S/c1-2-19(15-35)33-27(36)21-11-18(14-32)24-26-22(12-17(13-31)23(25(21)26)29(33)38)28(37)34(30(24)39)20-8-6-16(7-9-20)5-3-4-10-40/h6-9,11-12,19,35,40H,2-5,10,15H2,1H3. The van der Waals surface area contributed by atoms with Crippen molar-refractivity contribution < 1.29 is 24.3 Å². The quantitative estimate of drug-likeness (QED) is 0.244. The molecule has 3 aromatic carbocycles. The van der Waals surface area contributed by atoms with E-state index in [0.717, 1.165) is 40.4 Å². The van der Waals surface area contributed by atoms with E-state index < -0.39 is 36.3 Å². The van der Waals surface area contributed by atoms with E-state index in [1.54, 1.807) is 19.1 Å². The van der Waals surface area contributed by atoms with Crippen LogP contribution in [0.25, 0.3) is 10.8 Å². The van der Waals surface area contributed by atoms with Gasteiger partial charge in [0.15, 0.2) is 0 Å². The minimum absolute atomic E-state index is 0.00276. The van der Waals surface area contributed by atoms with E-state index in [2.05, 4.69) is 12.6 Å². The molecular formula is C30H24N4O5S. The van der Waals surface area contributed by atoms with Gasteiger partial charge in [0, 0.05) is 10.8 Å². The lowest BCUT2D eigenvalue weighted by Gasteiger charge is -2.35. The monoisotopic (exact) mass is 552 g/mol. The summed E-state index contributed by atoms with van der Waals surface area (Å²) >= 11 is 4.23. The van der Waals surface area contributed by atoms with E-state index in [-0.39, 0.29) is 50.6 Å². The number of carbonyl (C=O) groups is 4. The maximum atomic E-state index is 13.9. The van der Waals surface area contributed by atoms with Crippen LogP contribution in [0.5, 0.6) is 0 Å². The lowest BCUT2D eigenvalue weighted by molar-refractivity contribution is 0.0464. The summed E-state index contributed by atoms with van der Waals surface area (Å²) in [6.07, 6.45) is 2.97. The Balaban J connectivity index is 1.73. The first-order valence-electron chi connectivity index (χ1n) is 12.9. The average molecular weight is 553 g/mol. The first-order chi connectivity index (χ1) is 19.3. The van der Waals surface area contributed by atoms with Gasteiger partial charge in [0.05, 0.1) is 51.7 Å². The van der Waals surface area contributed by atoms with E-state index in [4.69, 9.17) is 0 Å². The summed E-state index contributed by atoms with van der Waals surface area (Å²) in [5, 5.41) is 29.9. The van der Waals surface area contributed by atoms with E-state index >= 15 is 0 Å². The van der Waals surface area contributed by atoms with Crippen molar-refractivity contribution in [2.75, 3.05) is 17.3 Å². The van der Waals surface area contributed by atoms with Gasteiger partial charge in [-0.15, -0.1) is 0 Å². The molecule has 0 saturated heterocycles. The third-order valence-corrected chi connectivity index (χ3v) is 7.81. The number of amides is 4. The Hall–Kier alpha value is -4.51. The zero-order valence-corrected chi connectivity index (χ0v) is 22.5. The van der Waals surface area contributed by atoms with Gasteiger partial charge in [0.1, 0.15) is 12.1 Å². The van der Waals surface area contributed by atoms with Crippen molar-refractivity contribution >= 4 is 52.7 Å². The average Bonchev–Trinajstić information content (AvgIpc) is 2.97. The van der Waals surface area contributed by atoms with Crippen LogP contribution in [0, 0.1) is 22.7 Å². The lowest BCUT2D eigenvalue weighted by atomic mass is 9.81. The van der Waals surface area contributed by atoms with Gasteiger partial charge in [0.2, 0.25) is 0 Å². The summed E-state index contributed by atoms with van der Waals surface area (Å²) in [4.78, 5) is 56.7. The van der Waals surface area contributed by atoms with Crippen LogP contribution in [0.3, 0.4) is 0 Å². The van der Waals surface area contributed by atoms with Crippen LogP contribution in [0.1, 0.15) is 84.3 Å². The molecule has 1 atom stereocenters. The van der Waals surface area contributed by atoms with Crippen molar-refractivity contribution in [2.24, 2.45) is 0 Å². The van der Waals surface area contributed by atoms with Crippen molar-refractivity contribution in [1.82, 2.24) is 4.90 Å². The second-order valence-electron chi connectivity index (χ2n) is 9.68. The van der Waals surface area contributed by atoms with Gasteiger partial charge in [-0.25, -0.2) is 4.90 Å². The van der Waals surface area contributed by atoms with Crippen molar-refractivity contribution in [3.8, 4) is 12.1 Å². The summed E-state index contributed by atoms with van der Waals surface area (Å²) in [5.41, 5.74) is 0.680. The molecule has 2 heterocycles. The van der Waals surface area contributed by atoms with Gasteiger partial charge in [-0.2, -0.15) is 23.2 Å². The summed E-state index contributed by atoms with van der Waals surface area (Å²) in [6, 6.07) is 12.5. The summed E-state index contributed by atoms with van der Waals surface area (Å²) < 4.78 is 0. The Morgan fingerprint density at radius 2 is 1.43 bits per heavy atom. The van der Waals surface area contributed by atoms with Gasteiger partial charge in [-0.3, -0.25) is 24.1 Å². The fraction of sp³-hybridized carbons (Fsp3) is 0.267. The largest absolute Gasteiger partial charge is 0.394 e. The maximum absolute atomic E-state index is 13.9. The molecule has 9 nitrogen and oxygen atoms in total. The highest BCUT2D eigenvalue weighted by molar-refractivity contribution is 7.80. The maximum Gasteiger partial charge on any atom is 0.267 e. The number of thiol groups is 1. The Bertz CT molecular complexity index is 1700. The number of benzene rings is 3. The number of aryl methyl sites for hydroxylation is 1. The number of aliphatic hydroxyl groups excluding tert-OH is 1. The summed E-state index contributed by atoms with van der Waals surface area (Å²) in [5.74, 6) is -2.27. The van der Waals surface area contributed by atoms with Gasteiger partial charge < -0.3 is 5.11 Å². The third-order valence-electron chi connectivity index (χ3n) is 7.49. The number of nitriles is 2. The van der Waals surface area contributed by atoms with E-state index in [9.17, 15) is 34.8 Å². The number of carbonyl (C=O) groups excluding carboxylic acids is 4. The predicted octanol–water partition coefficient (Wildman–Crippen LogP) is 4.00. The van der Waals surface area contributed by atoms with Crippen molar-refractivity contribution in [3.63, 3.8) is 0 Å². The van der Waals surface area contributed by atoms with Gasteiger partial charge in [-0.05, 0) is 61.3 Å². The van der Waals surface area contributed by atoms with Gasteiger partial charge in [0.25, 0.3) is 23.6 Å². The molecule has 40 heavy (non-hydrogen) atoms. The zero-order valence-electron chi connectivity index (χ0n) is 21.6. The molecule has 0 saturated carbocycles. The van der Waals surface area contributed by atoms with Crippen LogP contribution in [-0.4, -0.2) is 52.0 Å². The number of hydrogen-bond donors (Lipinski definition) is 2. The molecule has 0 bridgehead atoms. The highest BCUT2D eigenvalue weighted by Crippen LogP contribution is 2.42. The van der Waals surface area contributed by atoms with E-state index in [0.29, 0.717) is 5.69 Å². The molecule has 0 fully saturated rings. The molecule has 0 aromatic heterocycles. The normalized spacial score (nSPS) is 14.9. The first-order valence-corrected chi connectivity index (χ1v) is 13.5. The Kier molecular flexibility index (Phi) is 7.16. The molecule has 10 heteroatoms. The molecule has 2 aliphatic heterocycles. The van der Waals surface area contributed by atoms with E-state index in [1.807, 2.05) is 24.3 Å². The Morgan fingerprint density at radius 3 is 1.95 bits per heavy atom. The molecule has 200 valence electrons. The molecule has 0 aliphatic carbocycles. The molecule has 5 rings (SSSR count). The van der Waals surface area contributed by atoms with Crippen LogP contribution in [0.2, 0.25) is 0 Å². The van der Waals surface area contributed by atoms with Gasteiger partial charge in [-0.1, -0.05) is 19.1 Å². The molecule has 2 aliphatic rings. The number of imide groups is 2. The number of hydrogen-bond acceptors (Lipinski definition) is 8. The van der Waals surface area contributed by atoms with Crippen LogP contribution in [0.15, 0.2) is 36.4 Å². The highest BCUT2D eigenvalue weighted by Gasteiger charge is 2.44. The smallest absolute Gasteiger partial charge is 0.267 e. The fourth-order valence-corrected chi connectivity index (χ4v) is 5.70. The first kappa shape index (κ1) is 27.1. The Labute approximate surface area is 235 Å². The molecule has 3 aromatic rings. The molecule has 1 N–H and O–H groups in total. The lowest BCUT2D eigenvalue weighted by Crippen LogP contribution is -2.49. The van der Waals surface area contributed by atoms with Crippen LogP contribution in [0.4, 0.5) is 5.69 Å². The van der Waals surface area contributed by atoms with E-state index in [1.165, 1.54) is 12.1 Å². The van der Waals surface area contributed by atoms with Crippen LogP contribution < -0.4 is 4.90 Å². The second kappa shape index (κ2) is 10.6. The minimum atomic E-state index is -0.854. The number of nitrogens with zero attached hydrogens (tertiary/aromatic N) is 4. The summed E-state index contributed by atoms with van der Waals surface area (Å²) in [6.45, 7) is 1.21. The Morgan fingerprint density at radius 1 is 0.850 bits per heavy atom. The number of unbranched alkanes of at least 4 members (excludes halogenated alkanes) is 1. The zero-order chi connectivity index (χ0) is 28.7. The van der Waals surface area contributed by atoms with Crippen LogP contribution in [-0.2, 0) is 6.42 Å².